The summed E-state index contributed by atoms with van der Waals surface area (Å²) in [6.07, 6.45) is -0.0482. The Kier molecular flexibility index (Phi) is 5.54. The van der Waals surface area contributed by atoms with Crippen molar-refractivity contribution in [3.8, 4) is 5.75 Å². The number of alkyl halides is 2. The van der Waals surface area contributed by atoms with Gasteiger partial charge in [-0.15, -0.1) is 0 Å². The molecule has 1 aromatic rings. The minimum atomic E-state index is -2.89. The number of nitrogens with one attached hydrogen (secondary N) is 1. The van der Waals surface area contributed by atoms with Gasteiger partial charge in [-0.1, -0.05) is 18.2 Å². The first kappa shape index (κ1) is 16.5. The second-order valence-corrected chi connectivity index (χ2v) is 5.31. The Labute approximate surface area is 128 Å². The van der Waals surface area contributed by atoms with Gasteiger partial charge in [0.15, 0.2) is 0 Å². The van der Waals surface area contributed by atoms with Gasteiger partial charge in [-0.2, -0.15) is 8.78 Å². The summed E-state index contributed by atoms with van der Waals surface area (Å²) in [5, 5.41) is 2.73. The van der Waals surface area contributed by atoms with Crippen molar-refractivity contribution in [2.24, 2.45) is 0 Å². The number of ether oxygens (including phenoxy) is 2. The van der Waals surface area contributed by atoms with Crippen LogP contribution in [0.4, 0.5) is 13.6 Å². The van der Waals surface area contributed by atoms with Gasteiger partial charge < -0.3 is 19.7 Å². The normalized spacial score (nSPS) is 21.8. The zero-order valence-corrected chi connectivity index (χ0v) is 12.6. The van der Waals surface area contributed by atoms with E-state index in [1.54, 1.807) is 23.1 Å². The SMILES string of the molecule is C[C@H]1CN(C(=O)NCc2ccccc2OC(F)F)C[C@H](C)O1. The second-order valence-electron chi connectivity index (χ2n) is 5.31. The van der Waals surface area contributed by atoms with Gasteiger partial charge in [0, 0.05) is 25.2 Å². The number of rotatable bonds is 4. The molecular formula is C15H20F2N2O3. The summed E-state index contributed by atoms with van der Waals surface area (Å²) in [5.74, 6) is 0.0708. The quantitative estimate of drug-likeness (QED) is 0.929. The number of para-hydroxylation sites is 1. The number of benzene rings is 1. The van der Waals surface area contributed by atoms with E-state index >= 15 is 0 Å². The van der Waals surface area contributed by atoms with Gasteiger partial charge in [-0.25, -0.2) is 4.79 Å². The number of nitrogens with zero attached hydrogens (tertiary/aromatic N) is 1. The lowest BCUT2D eigenvalue weighted by molar-refractivity contribution is -0.0548. The molecule has 1 fully saturated rings. The van der Waals surface area contributed by atoms with E-state index < -0.39 is 6.61 Å². The first-order valence-electron chi connectivity index (χ1n) is 7.16. The molecule has 0 saturated carbocycles. The summed E-state index contributed by atoms with van der Waals surface area (Å²) < 4.78 is 34.7. The van der Waals surface area contributed by atoms with E-state index in [1.807, 2.05) is 13.8 Å². The van der Waals surface area contributed by atoms with Crippen molar-refractivity contribution in [3.05, 3.63) is 29.8 Å². The molecular weight excluding hydrogens is 294 g/mol. The van der Waals surface area contributed by atoms with Crippen LogP contribution in [-0.2, 0) is 11.3 Å². The molecule has 1 aliphatic rings. The molecule has 0 radical (unpaired) electrons. The Balaban J connectivity index is 1.93. The molecule has 1 heterocycles. The molecule has 22 heavy (non-hydrogen) atoms. The van der Waals surface area contributed by atoms with Crippen molar-refractivity contribution in [1.29, 1.82) is 0 Å². The first-order chi connectivity index (χ1) is 10.5. The smallest absolute Gasteiger partial charge is 0.387 e. The van der Waals surface area contributed by atoms with E-state index in [-0.39, 0.29) is 30.5 Å². The van der Waals surface area contributed by atoms with Crippen LogP contribution in [0.5, 0.6) is 5.75 Å². The number of amides is 2. The number of carbonyl (C=O) groups excluding carboxylic acids is 1. The van der Waals surface area contributed by atoms with Crippen LogP contribution in [0.25, 0.3) is 0 Å². The highest BCUT2D eigenvalue weighted by Gasteiger charge is 2.25. The topological polar surface area (TPSA) is 50.8 Å². The largest absolute Gasteiger partial charge is 0.434 e. The Morgan fingerprint density at radius 1 is 1.36 bits per heavy atom. The summed E-state index contributed by atoms with van der Waals surface area (Å²) in [6.45, 7) is 2.06. The van der Waals surface area contributed by atoms with Gasteiger partial charge in [0.25, 0.3) is 0 Å². The van der Waals surface area contributed by atoms with Gasteiger partial charge >= 0.3 is 12.6 Å². The van der Waals surface area contributed by atoms with Crippen LogP contribution >= 0.6 is 0 Å². The molecule has 0 unspecified atom stereocenters. The van der Waals surface area contributed by atoms with Crippen molar-refractivity contribution in [3.63, 3.8) is 0 Å². The molecule has 2 amide bonds. The number of urea groups is 1. The Morgan fingerprint density at radius 3 is 2.64 bits per heavy atom. The Morgan fingerprint density at radius 2 is 2.00 bits per heavy atom. The van der Waals surface area contributed by atoms with E-state index in [0.717, 1.165) is 0 Å². The molecule has 0 aliphatic carbocycles. The fraction of sp³-hybridized carbons (Fsp3) is 0.533. The summed E-state index contributed by atoms with van der Waals surface area (Å²) in [6, 6.07) is 6.16. The van der Waals surface area contributed by atoms with Crippen LogP contribution in [-0.4, -0.2) is 42.8 Å². The van der Waals surface area contributed by atoms with Crippen LogP contribution < -0.4 is 10.1 Å². The second kappa shape index (κ2) is 7.40. The van der Waals surface area contributed by atoms with E-state index in [2.05, 4.69) is 10.1 Å². The zero-order chi connectivity index (χ0) is 16.1. The summed E-state index contributed by atoms with van der Waals surface area (Å²) >= 11 is 0. The van der Waals surface area contributed by atoms with Crippen LogP contribution in [0, 0.1) is 0 Å². The fourth-order valence-electron chi connectivity index (χ4n) is 2.49. The average molecular weight is 314 g/mol. The highest BCUT2D eigenvalue weighted by molar-refractivity contribution is 5.74. The van der Waals surface area contributed by atoms with Crippen LogP contribution in [0.3, 0.4) is 0 Å². The number of halogens is 2. The maximum absolute atomic E-state index is 12.3. The molecule has 1 saturated heterocycles. The minimum Gasteiger partial charge on any atom is -0.434 e. The highest BCUT2D eigenvalue weighted by Crippen LogP contribution is 2.20. The van der Waals surface area contributed by atoms with Crippen LogP contribution in [0.15, 0.2) is 24.3 Å². The molecule has 0 bridgehead atoms. The molecule has 5 nitrogen and oxygen atoms in total. The highest BCUT2D eigenvalue weighted by atomic mass is 19.3. The maximum atomic E-state index is 12.3. The van der Waals surface area contributed by atoms with Gasteiger partial charge in [-0.3, -0.25) is 0 Å². The average Bonchev–Trinajstić information content (AvgIpc) is 2.44. The van der Waals surface area contributed by atoms with Crippen molar-refractivity contribution in [1.82, 2.24) is 10.2 Å². The van der Waals surface area contributed by atoms with E-state index in [1.165, 1.54) is 6.07 Å². The number of hydrogen-bond donors (Lipinski definition) is 1. The predicted octanol–water partition coefficient (Wildman–Crippen LogP) is 2.61. The molecule has 0 aromatic heterocycles. The van der Waals surface area contributed by atoms with Gasteiger partial charge in [0.2, 0.25) is 0 Å². The van der Waals surface area contributed by atoms with Crippen molar-refractivity contribution >= 4 is 6.03 Å². The van der Waals surface area contributed by atoms with Crippen molar-refractivity contribution < 1.29 is 23.0 Å². The molecule has 122 valence electrons. The van der Waals surface area contributed by atoms with Crippen molar-refractivity contribution in [2.45, 2.75) is 39.2 Å². The third-order valence-electron chi connectivity index (χ3n) is 3.33. The fourth-order valence-corrected chi connectivity index (χ4v) is 2.49. The molecule has 0 spiro atoms. The monoisotopic (exact) mass is 314 g/mol. The van der Waals surface area contributed by atoms with Crippen LogP contribution in [0.1, 0.15) is 19.4 Å². The molecule has 1 aromatic carbocycles. The lowest BCUT2D eigenvalue weighted by Crippen LogP contribution is -2.51. The third kappa shape index (κ3) is 4.56. The summed E-state index contributed by atoms with van der Waals surface area (Å²) in [5.41, 5.74) is 0.505. The number of carbonyl (C=O) groups is 1. The van der Waals surface area contributed by atoms with E-state index in [0.29, 0.717) is 18.7 Å². The van der Waals surface area contributed by atoms with Gasteiger partial charge in [0.1, 0.15) is 5.75 Å². The summed E-state index contributed by atoms with van der Waals surface area (Å²) in [7, 11) is 0. The Hall–Kier alpha value is -1.89. The van der Waals surface area contributed by atoms with Crippen molar-refractivity contribution in [2.75, 3.05) is 13.1 Å². The van der Waals surface area contributed by atoms with E-state index in [9.17, 15) is 13.6 Å². The lowest BCUT2D eigenvalue weighted by atomic mass is 10.2. The first-order valence-corrected chi connectivity index (χ1v) is 7.16. The molecule has 2 rings (SSSR count). The Bertz CT molecular complexity index is 503. The summed E-state index contributed by atoms with van der Waals surface area (Å²) in [4.78, 5) is 13.8. The van der Waals surface area contributed by atoms with Gasteiger partial charge in [0.05, 0.1) is 12.2 Å². The maximum Gasteiger partial charge on any atom is 0.387 e. The van der Waals surface area contributed by atoms with Gasteiger partial charge in [-0.05, 0) is 19.9 Å². The number of hydrogen-bond acceptors (Lipinski definition) is 3. The zero-order valence-electron chi connectivity index (χ0n) is 12.6. The predicted molar refractivity (Wildman–Crippen MR) is 76.9 cm³/mol. The van der Waals surface area contributed by atoms with E-state index in [4.69, 9.17) is 4.74 Å². The molecule has 1 aliphatic heterocycles. The molecule has 7 heteroatoms. The van der Waals surface area contributed by atoms with Crippen LogP contribution in [0.2, 0.25) is 0 Å². The minimum absolute atomic E-state index is 0.0241. The lowest BCUT2D eigenvalue weighted by Gasteiger charge is -2.35. The standard InChI is InChI=1S/C15H20F2N2O3/c1-10-8-19(9-11(2)21-10)15(20)18-7-12-5-3-4-6-13(12)22-14(16)17/h3-6,10-11,14H,7-9H2,1-2H3,(H,18,20)/t10-,11-/m0/s1. The third-order valence-corrected chi connectivity index (χ3v) is 3.33. The number of morpholine rings is 1. The molecule has 1 N–H and O–H groups in total. The molecule has 2 atom stereocenters.